The van der Waals surface area contributed by atoms with E-state index in [1.165, 1.54) is 41.6 Å². The summed E-state index contributed by atoms with van der Waals surface area (Å²) in [6.45, 7) is 11.1. The number of aliphatic hydroxyl groups is 1. The van der Waals surface area contributed by atoms with Crippen molar-refractivity contribution in [3.63, 3.8) is 0 Å². The van der Waals surface area contributed by atoms with Crippen LogP contribution in [0.2, 0.25) is 0 Å². The average Bonchev–Trinajstić information content (AvgIpc) is 2.35. The highest BCUT2D eigenvalue weighted by atomic mass is 16.6. The molecule has 22 heavy (non-hydrogen) atoms. The van der Waals surface area contributed by atoms with Crippen LogP contribution in [0.4, 0.5) is 0 Å². The van der Waals surface area contributed by atoms with Gasteiger partial charge in [0.05, 0.1) is 6.10 Å². The second-order valence-corrected chi connectivity index (χ2v) is 7.46. The highest BCUT2D eigenvalue weighted by Gasteiger charge is 2.26. The van der Waals surface area contributed by atoms with E-state index in [9.17, 15) is 5.11 Å². The Morgan fingerprint density at radius 1 is 1.36 bits per heavy atom. The first-order valence-corrected chi connectivity index (χ1v) is 8.35. The fourth-order valence-electron chi connectivity index (χ4n) is 3.57. The number of ether oxygens (including phenoxy) is 1. The third kappa shape index (κ3) is 4.44. The third-order valence-corrected chi connectivity index (χ3v) is 4.77. The molecular weight excluding hydrogens is 272 g/mol. The van der Waals surface area contributed by atoms with E-state index in [1.807, 2.05) is 6.92 Å². The first kappa shape index (κ1) is 17.2. The highest BCUT2D eigenvalue weighted by molar-refractivity contribution is 5.36. The number of rotatable bonds is 3. The minimum Gasteiger partial charge on any atom is -0.365 e. The zero-order valence-electron chi connectivity index (χ0n) is 14.6. The Bertz CT molecular complexity index is 532. The van der Waals surface area contributed by atoms with Gasteiger partial charge in [-0.1, -0.05) is 48.8 Å². The summed E-state index contributed by atoms with van der Waals surface area (Å²) in [4.78, 5) is 0. The van der Waals surface area contributed by atoms with Crippen LogP contribution in [0.25, 0.3) is 0 Å². The molecule has 0 saturated heterocycles. The van der Waals surface area contributed by atoms with E-state index < -0.39 is 6.29 Å². The van der Waals surface area contributed by atoms with Crippen LogP contribution in [0, 0.1) is 5.41 Å². The van der Waals surface area contributed by atoms with Crippen molar-refractivity contribution in [2.75, 3.05) is 0 Å². The minimum atomic E-state index is -0.769. The largest absolute Gasteiger partial charge is 0.365 e. The number of aliphatic hydroxyl groups excluding tert-OH is 1. The smallest absolute Gasteiger partial charge is 0.175 e. The normalized spacial score (nSPS) is 29.9. The second kappa shape index (κ2) is 6.97. The summed E-state index contributed by atoms with van der Waals surface area (Å²) in [5.74, 6) is 0. The maximum absolute atomic E-state index is 9.65. The van der Waals surface area contributed by atoms with Gasteiger partial charge in [0.1, 0.15) is 0 Å². The van der Waals surface area contributed by atoms with Gasteiger partial charge in [-0.05, 0) is 63.5 Å². The summed E-state index contributed by atoms with van der Waals surface area (Å²) < 4.78 is 5.54. The summed E-state index contributed by atoms with van der Waals surface area (Å²) in [5, 5.41) is 9.65. The Labute approximate surface area is 135 Å². The molecule has 0 aromatic rings. The van der Waals surface area contributed by atoms with Gasteiger partial charge in [0.2, 0.25) is 0 Å². The molecule has 2 atom stereocenters. The van der Waals surface area contributed by atoms with Gasteiger partial charge in [0, 0.05) is 0 Å². The summed E-state index contributed by atoms with van der Waals surface area (Å²) in [6, 6.07) is 0. The maximum Gasteiger partial charge on any atom is 0.175 e. The third-order valence-electron chi connectivity index (χ3n) is 4.77. The molecule has 0 aromatic heterocycles. The molecule has 0 fully saturated rings. The molecule has 2 rings (SSSR count). The number of hydrogen-bond donors (Lipinski definition) is 1. The van der Waals surface area contributed by atoms with Gasteiger partial charge in [-0.15, -0.1) is 0 Å². The predicted octanol–water partition coefficient (Wildman–Crippen LogP) is 5.07. The maximum atomic E-state index is 9.65. The molecule has 2 nitrogen and oxygen atoms in total. The van der Waals surface area contributed by atoms with Gasteiger partial charge in [-0.3, -0.25) is 0 Å². The lowest BCUT2D eigenvalue weighted by atomic mass is 9.72. The van der Waals surface area contributed by atoms with Crippen molar-refractivity contribution in [3.8, 4) is 0 Å². The van der Waals surface area contributed by atoms with Gasteiger partial charge in [0.15, 0.2) is 6.29 Å². The molecule has 0 spiro atoms. The molecule has 2 heteroatoms. The molecule has 2 aliphatic rings. The molecule has 1 N–H and O–H groups in total. The van der Waals surface area contributed by atoms with Gasteiger partial charge in [-0.25, -0.2) is 0 Å². The average molecular weight is 302 g/mol. The lowest BCUT2D eigenvalue weighted by molar-refractivity contribution is -0.0968. The predicted molar refractivity (Wildman–Crippen MR) is 92.5 cm³/mol. The molecule has 2 unspecified atom stereocenters. The van der Waals surface area contributed by atoms with Crippen LogP contribution in [-0.2, 0) is 4.74 Å². The van der Waals surface area contributed by atoms with Crippen LogP contribution in [0.3, 0.4) is 0 Å². The standard InChI is InChI=1S/C20H30O2/c1-14(11-17-12-15(2)13-19(21)22-17)8-9-18-16(3)7-6-10-20(18,4)5/h8-9,11,13,17,19,21H,6-7,10,12H2,1-5H3. The first-order chi connectivity index (χ1) is 10.3. The quantitative estimate of drug-likeness (QED) is 0.582. The Balaban J connectivity index is 2.09. The molecule has 0 bridgehead atoms. The highest BCUT2D eigenvalue weighted by Crippen LogP contribution is 2.40. The van der Waals surface area contributed by atoms with Crippen molar-refractivity contribution in [2.45, 2.75) is 72.7 Å². The van der Waals surface area contributed by atoms with Crippen molar-refractivity contribution in [3.05, 3.63) is 46.6 Å². The monoisotopic (exact) mass is 302 g/mol. The van der Waals surface area contributed by atoms with Crippen molar-refractivity contribution < 1.29 is 9.84 Å². The molecule has 0 saturated carbocycles. The van der Waals surface area contributed by atoms with E-state index >= 15 is 0 Å². The van der Waals surface area contributed by atoms with Gasteiger partial charge in [0.25, 0.3) is 0 Å². The second-order valence-electron chi connectivity index (χ2n) is 7.46. The zero-order chi connectivity index (χ0) is 16.3. The number of allylic oxidation sites excluding steroid dienone is 5. The van der Waals surface area contributed by atoms with Crippen LogP contribution < -0.4 is 0 Å². The topological polar surface area (TPSA) is 29.5 Å². The van der Waals surface area contributed by atoms with Crippen molar-refractivity contribution in [1.29, 1.82) is 0 Å². The Morgan fingerprint density at radius 3 is 2.73 bits per heavy atom. The molecule has 0 radical (unpaired) electrons. The van der Waals surface area contributed by atoms with Crippen LogP contribution in [0.5, 0.6) is 0 Å². The summed E-state index contributed by atoms with van der Waals surface area (Å²) in [7, 11) is 0. The summed E-state index contributed by atoms with van der Waals surface area (Å²) in [5.41, 5.74) is 5.64. The molecule has 1 aliphatic carbocycles. The first-order valence-electron chi connectivity index (χ1n) is 8.35. The van der Waals surface area contributed by atoms with Crippen molar-refractivity contribution in [2.24, 2.45) is 5.41 Å². The minimum absolute atomic E-state index is 0.0286. The lowest BCUT2D eigenvalue weighted by Gasteiger charge is -2.33. The Morgan fingerprint density at radius 2 is 2.09 bits per heavy atom. The van der Waals surface area contributed by atoms with E-state index in [2.05, 4.69) is 45.9 Å². The fourth-order valence-corrected chi connectivity index (χ4v) is 3.57. The van der Waals surface area contributed by atoms with Gasteiger partial charge < -0.3 is 9.84 Å². The summed E-state index contributed by atoms with van der Waals surface area (Å²) in [6.07, 6.45) is 12.2. The molecule has 1 heterocycles. The lowest BCUT2D eigenvalue weighted by Crippen LogP contribution is -2.24. The number of hydrogen-bond acceptors (Lipinski definition) is 2. The van der Waals surface area contributed by atoms with Gasteiger partial charge in [-0.2, -0.15) is 0 Å². The van der Waals surface area contributed by atoms with Crippen molar-refractivity contribution >= 4 is 0 Å². The van der Waals surface area contributed by atoms with Crippen LogP contribution in [0.1, 0.15) is 60.3 Å². The summed E-state index contributed by atoms with van der Waals surface area (Å²) >= 11 is 0. The van der Waals surface area contributed by atoms with Crippen molar-refractivity contribution in [1.82, 2.24) is 0 Å². The Kier molecular flexibility index (Phi) is 5.46. The van der Waals surface area contributed by atoms with Crippen LogP contribution in [-0.4, -0.2) is 17.5 Å². The van der Waals surface area contributed by atoms with Gasteiger partial charge >= 0.3 is 0 Å². The fraction of sp³-hybridized carbons (Fsp3) is 0.600. The SMILES string of the molecule is CC(C=CC1=C(C)CCCC1(C)C)=CC1CC(C)=CC(O)O1. The molecule has 0 amide bonds. The molecule has 122 valence electrons. The zero-order valence-corrected chi connectivity index (χ0v) is 14.6. The van der Waals surface area contributed by atoms with Crippen LogP contribution >= 0.6 is 0 Å². The Hall–Kier alpha value is -1.12. The van der Waals surface area contributed by atoms with E-state index in [4.69, 9.17) is 4.74 Å². The van der Waals surface area contributed by atoms with E-state index in [0.717, 1.165) is 6.42 Å². The molecular formula is C20H30O2. The molecule has 0 aromatic carbocycles. The van der Waals surface area contributed by atoms with Crippen LogP contribution in [0.15, 0.2) is 46.6 Å². The van der Waals surface area contributed by atoms with E-state index in [1.54, 1.807) is 6.08 Å². The molecule has 1 aliphatic heterocycles. The van der Waals surface area contributed by atoms with E-state index in [-0.39, 0.29) is 11.5 Å². The van der Waals surface area contributed by atoms with E-state index in [0.29, 0.717) is 0 Å².